The molecule has 2 aromatic heterocycles. The molecule has 9 heteroatoms. The van der Waals surface area contributed by atoms with Crippen LogP contribution in [-0.2, 0) is 25.5 Å². The lowest BCUT2D eigenvalue weighted by Gasteiger charge is -2.23. The van der Waals surface area contributed by atoms with Crippen LogP contribution in [0.25, 0.3) is 11.0 Å². The van der Waals surface area contributed by atoms with E-state index >= 15 is 0 Å². The SMILES string of the molecule is CC(C)OC(=O)[C@H](CCC(=O)C=N)NC(=O)[C@H](Cc1c[nH]c2ncccc12)SC(C)C. The fourth-order valence-electron chi connectivity index (χ4n) is 3.10. The Kier molecular flexibility index (Phi) is 9.23. The minimum Gasteiger partial charge on any atom is -0.461 e. The Balaban J connectivity index is 2.18. The number of hydrogen-bond donors (Lipinski definition) is 3. The van der Waals surface area contributed by atoms with Crippen molar-refractivity contribution in [1.82, 2.24) is 15.3 Å². The number of aromatic nitrogens is 2. The van der Waals surface area contributed by atoms with E-state index in [1.807, 2.05) is 32.2 Å². The van der Waals surface area contributed by atoms with E-state index in [0.717, 1.165) is 22.8 Å². The van der Waals surface area contributed by atoms with Gasteiger partial charge in [0.2, 0.25) is 5.91 Å². The van der Waals surface area contributed by atoms with E-state index < -0.39 is 23.0 Å². The molecule has 1 amide bonds. The second-order valence-electron chi connectivity index (χ2n) is 7.79. The van der Waals surface area contributed by atoms with Crippen molar-refractivity contribution in [2.24, 2.45) is 0 Å². The minimum atomic E-state index is -0.946. The van der Waals surface area contributed by atoms with Gasteiger partial charge in [0, 0.05) is 24.2 Å². The third kappa shape index (κ3) is 7.50. The fraction of sp³-hybridized carbons (Fsp3) is 0.500. The number of fused-ring (bicyclic) bond motifs is 1. The summed E-state index contributed by atoms with van der Waals surface area (Å²) in [6.45, 7) is 7.47. The van der Waals surface area contributed by atoms with Crippen LogP contribution in [0.4, 0.5) is 0 Å². The van der Waals surface area contributed by atoms with Gasteiger partial charge in [0.05, 0.1) is 17.6 Å². The number of amides is 1. The zero-order valence-electron chi connectivity index (χ0n) is 18.3. The number of nitrogens with one attached hydrogen (secondary N) is 3. The predicted molar refractivity (Wildman–Crippen MR) is 122 cm³/mol. The van der Waals surface area contributed by atoms with Crippen molar-refractivity contribution >= 4 is 46.7 Å². The Hall–Kier alpha value is -2.68. The highest BCUT2D eigenvalue weighted by Gasteiger charge is 2.29. The minimum absolute atomic E-state index is 0.0161. The van der Waals surface area contributed by atoms with Gasteiger partial charge in [-0.05, 0) is 49.6 Å². The zero-order chi connectivity index (χ0) is 23.0. The number of carbonyl (C=O) groups excluding carboxylic acids is 3. The smallest absolute Gasteiger partial charge is 0.328 e. The maximum atomic E-state index is 13.2. The number of esters is 1. The number of Topliss-reactive ketones (excluding diaryl/α,β-unsaturated/α-hetero) is 1. The molecule has 0 aliphatic heterocycles. The second-order valence-corrected chi connectivity index (χ2v) is 9.57. The van der Waals surface area contributed by atoms with Crippen LogP contribution in [-0.4, -0.2) is 56.5 Å². The zero-order valence-corrected chi connectivity index (χ0v) is 19.1. The molecule has 0 aromatic carbocycles. The molecule has 2 rings (SSSR count). The lowest BCUT2D eigenvalue weighted by molar-refractivity contribution is -0.151. The number of carbonyl (C=O) groups is 3. The van der Waals surface area contributed by atoms with Gasteiger partial charge >= 0.3 is 5.97 Å². The third-order valence-corrected chi connectivity index (χ3v) is 5.72. The first-order valence-electron chi connectivity index (χ1n) is 10.3. The van der Waals surface area contributed by atoms with Crippen LogP contribution in [0.3, 0.4) is 0 Å². The highest BCUT2D eigenvalue weighted by Crippen LogP contribution is 2.25. The number of thioether (sulfide) groups is 1. The van der Waals surface area contributed by atoms with Crippen LogP contribution >= 0.6 is 11.8 Å². The van der Waals surface area contributed by atoms with Crippen LogP contribution in [0.5, 0.6) is 0 Å². The molecule has 0 radical (unpaired) electrons. The van der Waals surface area contributed by atoms with E-state index in [4.69, 9.17) is 10.1 Å². The number of rotatable bonds is 12. The summed E-state index contributed by atoms with van der Waals surface area (Å²) in [6, 6.07) is 2.86. The van der Waals surface area contributed by atoms with E-state index in [9.17, 15) is 14.4 Å². The molecule has 0 unspecified atom stereocenters. The molecule has 0 bridgehead atoms. The van der Waals surface area contributed by atoms with Crippen LogP contribution in [0.2, 0.25) is 0 Å². The molecule has 2 aromatic rings. The largest absolute Gasteiger partial charge is 0.461 e. The van der Waals surface area contributed by atoms with Crippen LogP contribution in [0.1, 0.15) is 46.1 Å². The average Bonchev–Trinajstić information content (AvgIpc) is 3.12. The first kappa shape index (κ1) is 24.6. The monoisotopic (exact) mass is 446 g/mol. The number of H-pyrrole nitrogens is 1. The number of ether oxygens (including phenoxy) is 1. The van der Waals surface area contributed by atoms with Crippen LogP contribution in [0.15, 0.2) is 24.5 Å². The molecule has 31 heavy (non-hydrogen) atoms. The molecule has 0 aliphatic rings. The Bertz CT molecular complexity index is 925. The first-order valence-corrected chi connectivity index (χ1v) is 11.3. The summed E-state index contributed by atoms with van der Waals surface area (Å²) in [7, 11) is 0. The van der Waals surface area contributed by atoms with Gasteiger partial charge < -0.3 is 20.4 Å². The highest BCUT2D eigenvalue weighted by molar-refractivity contribution is 8.01. The van der Waals surface area contributed by atoms with E-state index in [2.05, 4.69) is 15.3 Å². The molecule has 0 saturated carbocycles. The Morgan fingerprint density at radius 1 is 1.29 bits per heavy atom. The van der Waals surface area contributed by atoms with Gasteiger partial charge in [0.1, 0.15) is 11.7 Å². The van der Waals surface area contributed by atoms with E-state index in [1.165, 1.54) is 11.8 Å². The van der Waals surface area contributed by atoms with Crippen LogP contribution in [0, 0.1) is 5.41 Å². The third-order valence-electron chi connectivity index (χ3n) is 4.46. The second kappa shape index (κ2) is 11.6. The molecular formula is C22H30N4O4S. The van der Waals surface area contributed by atoms with Gasteiger partial charge in [-0.3, -0.25) is 9.59 Å². The van der Waals surface area contributed by atoms with Crippen molar-refractivity contribution in [3.05, 3.63) is 30.1 Å². The molecule has 168 valence electrons. The molecule has 2 heterocycles. The lowest BCUT2D eigenvalue weighted by Crippen LogP contribution is -2.47. The lowest BCUT2D eigenvalue weighted by atomic mass is 10.1. The molecule has 0 aliphatic carbocycles. The number of nitrogens with zero attached hydrogens (tertiary/aromatic N) is 1. The highest BCUT2D eigenvalue weighted by atomic mass is 32.2. The van der Waals surface area contributed by atoms with Crippen LogP contribution < -0.4 is 5.32 Å². The van der Waals surface area contributed by atoms with E-state index in [1.54, 1.807) is 20.0 Å². The molecular weight excluding hydrogens is 416 g/mol. The molecule has 3 N–H and O–H groups in total. The number of hydrogen-bond acceptors (Lipinski definition) is 7. The number of ketones is 1. The van der Waals surface area contributed by atoms with Crippen molar-refractivity contribution in [3.63, 3.8) is 0 Å². The average molecular weight is 447 g/mol. The summed E-state index contributed by atoms with van der Waals surface area (Å²) in [5.41, 5.74) is 1.73. The summed E-state index contributed by atoms with van der Waals surface area (Å²) in [6.07, 6.45) is 4.47. The Morgan fingerprint density at radius 2 is 2.03 bits per heavy atom. The van der Waals surface area contributed by atoms with E-state index in [0.29, 0.717) is 6.42 Å². The van der Waals surface area contributed by atoms with Crippen molar-refractivity contribution in [1.29, 1.82) is 5.41 Å². The van der Waals surface area contributed by atoms with Gasteiger partial charge in [-0.2, -0.15) is 0 Å². The summed E-state index contributed by atoms with van der Waals surface area (Å²) >= 11 is 1.51. The van der Waals surface area contributed by atoms with Crippen molar-refractivity contribution in [3.8, 4) is 0 Å². The molecule has 8 nitrogen and oxygen atoms in total. The van der Waals surface area contributed by atoms with Gasteiger partial charge in [0.15, 0.2) is 5.78 Å². The number of pyridine rings is 1. The predicted octanol–water partition coefficient (Wildman–Crippen LogP) is 3.05. The summed E-state index contributed by atoms with van der Waals surface area (Å²) in [4.78, 5) is 44.6. The first-order chi connectivity index (χ1) is 14.7. The standard InChI is InChI=1S/C22H30N4O4S/c1-13(2)30-22(29)18(8-7-16(27)11-23)26-21(28)19(31-14(3)4)10-15-12-25-20-17(15)6-5-9-24-20/h5-6,9,11-14,18-19,23H,7-8,10H2,1-4H3,(H,24,25)(H,26,28)/t18-,19-/m0/s1. The molecule has 2 atom stereocenters. The molecule has 0 spiro atoms. The molecule has 0 fully saturated rings. The molecule has 0 saturated heterocycles. The van der Waals surface area contributed by atoms with Crippen molar-refractivity contribution < 1.29 is 19.1 Å². The summed E-state index contributed by atoms with van der Waals surface area (Å²) in [5.74, 6) is -1.27. The summed E-state index contributed by atoms with van der Waals surface area (Å²) in [5, 5.41) is 10.5. The fourth-order valence-corrected chi connectivity index (χ4v) is 4.22. The maximum absolute atomic E-state index is 13.2. The van der Waals surface area contributed by atoms with Gasteiger partial charge in [0.25, 0.3) is 0 Å². The van der Waals surface area contributed by atoms with Crippen molar-refractivity contribution in [2.75, 3.05) is 0 Å². The van der Waals surface area contributed by atoms with Gasteiger partial charge in [-0.15, -0.1) is 11.8 Å². The quantitative estimate of drug-likeness (QED) is 0.340. The summed E-state index contributed by atoms with van der Waals surface area (Å²) < 4.78 is 5.26. The number of aromatic amines is 1. The normalized spacial score (nSPS) is 13.2. The van der Waals surface area contributed by atoms with E-state index in [-0.39, 0.29) is 30.1 Å². The Labute approximate surface area is 186 Å². The Morgan fingerprint density at radius 3 is 2.68 bits per heavy atom. The van der Waals surface area contributed by atoms with Crippen molar-refractivity contribution in [2.45, 2.75) is 69.6 Å². The topological polar surface area (TPSA) is 125 Å². The van der Waals surface area contributed by atoms with Gasteiger partial charge in [-0.1, -0.05) is 13.8 Å². The maximum Gasteiger partial charge on any atom is 0.328 e. The van der Waals surface area contributed by atoms with Gasteiger partial charge in [-0.25, -0.2) is 9.78 Å².